The third-order valence-electron chi connectivity index (χ3n) is 8.96. The average molecular weight is 473 g/mol. The van der Waals surface area contributed by atoms with E-state index in [9.17, 15) is 20.1 Å². The Morgan fingerprint density at radius 2 is 1.85 bits per heavy atom. The van der Waals surface area contributed by atoms with E-state index >= 15 is 0 Å². The smallest absolute Gasteiger partial charge is 0.330 e. The molecular formula is C29H44O5. The maximum Gasteiger partial charge on any atom is 0.330 e. The van der Waals surface area contributed by atoms with Crippen LogP contribution < -0.4 is 0 Å². The molecule has 0 bridgehead atoms. The van der Waals surface area contributed by atoms with E-state index < -0.39 is 17.8 Å². The van der Waals surface area contributed by atoms with Gasteiger partial charge in [-0.1, -0.05) is 50.6 Å². The highest BCUT2D eigenvalue weighted by Gasteiger charge is 2.51. The van der Waals surface area contributed by atoms with E-state index in [1.54, 1.807) is 6.08 Å². The SMILES string of the molecule is C=C1[C@H](O)CC(=C/C=C2\CCC[C@]3(C)[C@@H]([C@H](C)OC(=O)/C=C/C(O)(CC)CC)CC[C@@H]23)C[C@@H]1O. The Balaban J connectivity index is 1.68. The molecule has 0 aromatic rings. The molecule has 0 aromatic carbocycles. The van der Waals surface area contributed by atoms with Gasteiger partial charge < -0.3 is 20.1 Å². The largest absolute Gasteiger partial charge is 0.459 e. The molecule has 0 aromatic heterocycles. The zero-order chi connectivity index (χ0) is 25.1. The summed E-state index contributed by atoms with van der Waals surface area (Å²) in [5.74, 6) is 0.370. The van der Waals surface area contributed by atoms with Gasteiger partial charge in [-0.2, -0.15) is 0 Å². The van der Waals surface area contributed by atoms with Crippen molar-refractivity contribution in [2.75, 3.05) is 0 Å². The molecule has 3 rings (SSSR count). The molecule has 0 saturated heterocycles. The lowest BCUT2D eigenvalue weighted by molar-refractivity contribution is -0.147. The standard InChI is InChI=1S/C29H44O5/c1-6-29(33,7-2)16-14-27(32)34-20(4)23-12-13-24-22(9-8-15-28(23,24)5)11-10-21-17-25(30)19(3)26(31)18-21/h10-11,14,16,20,23-26,30-31,33H,3,6-9,12-13,15,17-18H2,1-2,4-5H3/b16-14+,21-10?,22-11+/t20-,23+,24-,25-,26+,28+/m0/s1. The van der Waals surface area contributed by atoms with Gasteiger partial charge in [-0.25, -0.2) is 4.79 Å². The first-order valence-electron chi connectivity index (χ1n) is 13.1. The van der Waals surface area contributed by atoms with Crippen LogP contribution >= 0.6 is 0 Å². The molecule has 34 heavy (non-hydrogen) atoms. The second-order valence-corrected chi connectivity index (χ2v) is 11.0. The lowest BCUT2D eigenvalue weighted by Gasteiger charge is -2.43. The van der Waals surface area contributed by atoms with Crippen LogP contribution in [-0.2, 0) is 9.53 Å². The molecule has 3 fully saturated rings. The quantitative estimate of drug-likeness (QED) is 0.270. The van der Waals surface area contributed by atoms with Crippen LogP contribution in [0.4, 0.5) is 0 Å². The van der Waals surface area contributed by atoms with E-state index in [0.717, 1.165) is 37.7 Å². The number of rotatable bonds is 7. The number of ether oxygens (including phenoxy) is 1. The zero-order valence-corrected chi connectivity index (χ0v) is 21.4. The lowest BCUT2D eigenvalue weighted by atomic mass is 9.62. The number of esters is 1. The van der Waals surface area contributed by atoms with E-state index in [-0.39, 0.29) is 17.5 Å². The third-order valence-corrected chi connectivity index (χ3v) is 8.96. The first-order chi connectivity index (χ1) is 16.0. The highest BCUT2D eigenvalue weighted by molar-refractivity contribution is 5.82. The van der Waals surface area contributed by atoms with E-state index in [2.05, 4.69) is 25.7 Å². The first-order valence-corrected chi connectivity index (χ1v) is 13.1. The number of aliphatic hydroxyl groups is 3. The summed E-state index contributed by atoms with van der Waals surface area (Å²) in [6.45, 7) is 12.0. The molecule has 3 aliphatic rings. The Hall–Kier alpha value is -1.69. The van der Waals surface area contributed by atoms with Crippen LogP contribution in [0.25, 0.3) is 0 Å². The number of carbonyl (C=O) groups is 1. The number of hydrogen-bond donors (Lipinski definition) is 3. The number of fused-ring (bicyclic) bond motifs is 1. The number of aliphatic hydroxyl groups excluding tert-OH is 2. The topological polar surface area (TPSA) is 87.0 Å². The summed E-state index contributed by atoms with van der Waals surface area (Å²) in [7, 11) is 0. The molecule has 0 amide bonds. The fourth-order valence-corrected chi connectivity index (χ4v) is 6.49. The summed E-state index contributed by atoms with van der Waals surface area (Å²) < 4.78 is 5.82. The van der Waals surface area contributed by atoms with Crippen LogP contribution in [0.2, 0.25) is 0 Å². The summed E-state index contributed by atoms with van der Waals surface area (Å²) in [5.41, 5.74) is 2.14. The maximum atomic E-state index is 12.5. The molecule has 190 valence electrons. The van der Waals surface area contributed by atoms with Crippen molar-refractivity contribution in [2.24, 2.45) is 17.3 Å². The molecule has 0 heterocycles. The van der Waals surface area contributed by atoms with Crippen LogP contribution in [0, 0.1) is 17.3 Å². The maximum absolute atomic E-state index is 12.5. The summed E-state index contributed by atoms with van der Waals surface area (Å²) in [6.07, 6.45) is 13.4. The minimum Gasteiger partial charge on any atom is -0.459 e. The molecule has 3 saturated carbocycles. The van der Waals surface area contributed by atoms with Gasteiger partial charge in [0, 0.05) is 12.0 Å². The molecule has 3 N–H and O–H groups in total. The predicted octanol–water partition coefficient (Wildman–Crippen LogP) is 5.17. The van der Waals surface area contributed by atoms with Crippen molar-refractivity contribution in [3.63, 3.8) is 0 Å². The van der Waals surface area contributed by atoms with Gasteiger partial charge in [0.2, 0.25) is 0 Å². The Morgan fingerprint density at radius 3 is 2.47 bits per heavy atom. The van der Waals surface area contributed by atoms with E-state index in [0.29, 0.717) is 43.1 Å². The van der Waals surface area contributed by atoms with Gasteiger partial charge >= 0.3 is 5.97 Å². The summed E-state index contributed by atoms with van der Waals surface area (Å²) in [4.78, 5) is 12.5. The normalized spacial score (nSPS) is 35.7. The molecule has 5 nitrogen and oxygen atoms in total. The molecule has 0 spiro atoms. The summed E-state index contributed by atoms with van der Waals surface area (Å²) in [6, 6.07) is 0. The van der Waals surface area contributed by atoms with Crippen LogP contribution in [0.1, 0.15) is 85.5 Å². The lowest BCUT2D eigenvalue weighted by Crippen LogP contribution is -2.39. The first kappa shape index (κ1) is 26.9. The summed E-state index contributed by atoms with van der Waals surface area (Å²) in [5, 5.41) is 30.7. The monoisotopic (exact) mass is 472 g/mol. The van der Waals surface area contributed by atoms with Crippen LogP contribution in [-0.4, -0.2) is 45.2 Å². The van der Waals surface area contributed by atoms with E-state index in [4.69, 9.17) is 4.74 Å². The second-order valence-electron chi connectivity index (χ2n) is 11.0. The Morgan fingerprint density at radius 1 is 1.21 bits per heavy atom. The molecule has 3 aliphatic carbocycles. The van der Waals surface area contributed by atoms with E-state index in [1.807, 2.05) is 20.8 Å². The average Bonchev–Trinajstić information content (AvgIpc) is 3.17. The van der Waals surface area contributed by atoms with Crippen LogP contribution in [0.3, 0.4) is 0 Å². The predicted molar refractivity (Wildman–Crippen MR) is 135 cm³/mol. The van der Waals surface area contributed by atoms with Crippen molar-refractivity contribution in [2.45, 2.75) is 109 Å². The van der Waals surface area contributed by atoms with Crippen molar-refractivity contribution in [1.29, 1.82) is 0 Å². The minimum absolute atomic E-state index is 0.0828. The molecule has 0 aliphatic heterocycles. The van der Waals surface area contributed by atoms with Crippen molar-refractivity contribution in [3.05, 3.63) is 47.6 Å². The van der Waals surface area contributed by atoms with Gasteiger partial charge in [-0.05, 0) is 87.7 Å². The van der Waals surface area contributed by atoms with Crippen molar-refractivity contribution in [1.82, 2.24) is 0 Å². The highest BCUT2D eigenvalue weighted by Crippen LogP contribution is 2.58. The fourth-order valence-electron chi connectivity index (χ4n) is 6.49. The molecule has 0 unspecified atom stereocenters. The third kappa shape index (κ3) is 5.75. The van der Waals surface area contributed by atoms with Gasteiger partial charge in [0.25, 0.3) is 0 Å². The number of carbonyl (C=O) groups excluding carboxylic acids is 1. The Bertz CT molecular complexity index is 833. The van der Waals surface area contributed by atoms with Crippen molar-refractivity contribution >= 4 is 5.97 Å². The fraction of sp³-hybridized carbons (Fsp3) is 0.690. The molecular weight excluding hydrogens is 428 g/mol. The van der Waals surface area contributed by atoms with Gasteiger partial charge in [-0.3, -0.25) is 0 Å². The Labute approximate surface area is 205 Å². The van der Waals surface area contributed by atoms with Gasteiger partial charge in [-0.15, -0.1) is 0 Å². The molecule has 6 atom stereocenters. The molecule has 5 heteroatoms. The highest BCUT2D eigenvalue weighted by atomic mass is 16.5. The minimum atomic E-state index is -0.956. The van der Waals surface area contributed by atoms with Crippen LogP contribution in [0.5, 0.6) is 0 Å². The van der Waals surface area contributed by atoms with E-state index in [1.165, 1.54) is 11.6 Å². The second kappa shape index (κ2) is 10.9. The number of hydrogen-bond acceptors (Lipinski definition) is 5. The Kier molecular flexibility index (Phi) is 8.65. The van der Waals surface area contributed by atoms with Gasteiger partial charge in [0.05, 0.1) is 17.8 Å². The summed E-state index contributed by atoms with van der Waals surface area (Å²) >= 11 is 0. The van der Waals surface area contributed by atoms with Gasteiger partial charge in [0.15, 0.2) is 0 Å². The van der Waals surface area contributed by atoms with Crippen LogP contribution in [0.15, 0.2) is 47.6 Å². The zero-order valence-electron chi connectivity index (χ0n) is 21.4. The molecule has 0 radical (unpaired) electrons. The van der Waals surface area contributed by atoms with Crippen molar-refractivity contribution < 1.29 is 24.9 Å². The van der Waals surface area contributed by atoms with Gasteiger partial charge in [0.1, 0.15) is 6.10 Å². The number of allylic oxidation sites excluding steroid dienone is 3. The van der Waals surface area contributed by atoms with Crippen molar-refractivity contribution in [3.8, 4) is 0 Å².